The van der Waals surface area contributed by atoms with E-state index < -0.39 is 35.1 Å². The van der Waals surface area contributed by atoms with Crippen LogP contribution >= 0.6 is 11.3 Å². The molecule has 3 atom stereocenters. The highest BCUT2D eigenvalue weighted by Crippen LogP contribution is 2.35. The average Bonchev–Trinajstić information content (AvgIpc) is 4.44. The van der Waals surface area contributed by atoms with Crippen molar-refractivity contribution in [1.29, 1.82) is 0 Å². The number of nitrogens with zero attached hydrogens (tertiary/aromatic N) is 5. The molecule has 6 aromatic rings. The first-order valence-corrected chi connectivity index (χ1v) is 30.1. The van der Waals surface area contributed by atoms with Crippen LogP contribution in [0.15, 0.2) is 84.4 Å². The molecule has 4 amide bonds. The molecule has 0 aliphatic carbocycles. The number of rotatable bonds is 26. The van der Waals surface area contributed by atoms with Crippen LogP contribution in [0.1, 0.15) is 92.0 Å². The molecule has 3 saturated heterocycles. The zero-order chi connectivity index (χ0) is 60.0. The van der Waals surface area contributed by atoms with Crippen molar-refractivity contribution >= 4 is 68.8 Å². The van der Waals surface area contributed by atoms with Crippen LogP contribution in [0.4, 0.5) is 26.0 Å². The zero-order valence-electron chi connectivity index (χ0n) is 48.8. The molecule has 0 radical (unpaired) electrons. The number of β-amino-alcohol motifs (C(OH)–C–C–N with tert-alkyl or cyclic N) is 1. The van der Waals surface area contributed by atoms with Gasteiger partial charge in [-0.2, -0.15) is 5.10 Å². The van der Waals surface area contributed by atoms with E-state index in [1.807, 2.05) is 92.7 Å². The van der Waals surface area contributed by atoms with Crippen LogP contribution in [0.25, 0.3) is 21.3 Å². The molecule has 2 aromatic heterocycles. The number of aliphatic hydroxyl groups excluding tert-OH is 1. The number of carbonyl (C=O) groups excluding carboxylic acids is 5. The van der Waals surface area contributed by atoms with Gasteiger partial charge in [0, 0.05) is 107 Å². The van der Waals surface area contributed by atoms with Crippen LogP contribution in [0.3, 0.4) is 0 Å². The molecule has 9 rings (SSSR count). The van der Waals surface area contributed by atoms with E-state index in [4.69, 9.17) is 18.9 Å². The van der Waals surface area contributed by atoms with E-state index in [1.165, 1.54) is 17.0 Å². The lowest BCUT2D eigenvalue weighted by atomic mass is 9.76. The van der Waals surface area contributed by atoms with Crippen molar-refractivity contribution in [1.82, 2.24) is 30.3 Å². The van der Waals surface area contributed by atoms with Crippen LogP contribution in [-0.4, -0.2) is 163 Å². The molecule has 0 unspecified atom stereocenters. The molecule has 22 heteroatoms. The number of piperazine rings is 1. The van der Waals surface area contributed by atoms with Crippen molar-refractivity contribution in [2.45, 2.75) is 97.4 Å². The predicted molar refractivity (Wildman–Crippen MR) is 320 cm³/mol. The number of aromatic nitrogens is 3. The Morgan fingerprint density at radius 1 is 0.824 bits per heavy atom. The fraction of sp³-hybridized carbons (Fsp3) is 0.476. The third-order valence-electron chi connectivity index (χ3n) is 15.8. The summed E-state index contributed by atoms with van der Waals surface area (Å²) in [5, 5.41) is 28.2. The third-order valence-corrected chi connectivity index (χ3v) is 16.8. The number of nitrogens with one attached hydrogen (secondary N) is 4. The number of likely N-dealkylation sites (tertiary alicyclic amines) is 1. The Labute approximate surface area is 498 Å². The topological polar surface area (TPSA) is 230 Å². The first-order chi connectivity index (χ1) is 40.9. The highest BCUT2D eigenvalue weighted by molar-refractivity contribution is 7.13. The summed E-state index contributed by atoms with van der Waals surface area (Å²) in [6.45, 7) is 12.9. The largest absolute Gasteiger partial charge is 0.391 e. The molecule has 454 valence electrons. The standard InChI is InChI=1S/C63H77F2N9O10S/c1-40-58(85-39-67-40)44-8-5-41(6-9-44)37-66-61(79)56-36-50(76)38-74(56)62(80)53(63(2,3)4)35-49(75)15-23-82-25-27-84-28-26-83-24-16-57(77)73-19-17-72(18-20-73)48-10-11-51(55(34-48)68-47-13-21-81-22-14-47)60(78)69-59-52-32-42(7-12-54(52)70-71-59)29-43-30-45(64)33-46(65)31-43/h5-12,30-34,39,47,50,53,56,68,76H,13-29,35-38H2,1-4H3,(H,66,79)(H2,69,70,71,78)/t50-,53-,56+/m1/s1. The Bertz CT molecular complexity index is 3250. The van der Waals surface area contributed by atoms with Gasteiger partial charge in [0.15, 0.2) is 5.82 Å². The van der Waals surface area contributed by atoms with Gasteiger partial charge in [0.05, 0.1) is 79.3 Å². The van der Waals surface area contributed by atoms with Crippen LogP contribution < -0.4 is 20.9 Å². The van der Waals surface area contributed by atoms with Crippen molar-refractivity contribution in [3.63, 3.8) is 0 Å². The maximum Gasteiger partial charge on any atom is 0.258 e. The van der Waals surface area contributed by atoms with Crippen LogP contribution in [0.2, 0.25) is 0 Å². The number of Topliss-reactive ketones (excluding diaryl/α,β-unsaturated/α-hetero) is 1. The molecule has 5 N–H and O–H groups in total. The number of aliphatic hydroxyl groups is 1. The lowest BCUT2D eigenvalue weighted by Crippen LogP contribution is -2.50. The number of hydrogen-bond acceptors (Lipinski definition) is 15. The molecular formula is C63H77F2N9O10S. The van der Waals surface area contributed by atoms with Crippen LogP contribution in [0.5, 0.6) is 0 Å². The van der Waals surface area contributed by atoms with Gasteiger partial charge in [0.2, 0.25) is 17.7 Å². The Morgan fingerprint density at radius 3 is 2.19 bits per heavy atom. The maximum atomic E-state index is 14.1. The summed E-state index contributed by atoms with van der Waals surface area (Å²) in [5.41, 5.74) is 8.11. The normalized spacial score (nSPS) is 17.1. The minimum atomic E-state index is -0.857. The lowest BCUT2D eigenvalue weighted by molar-refractivity contribution is -0.146. The molecule has 5 heterocycles. The summed E-state index contributed by atoms with van der Waals surface area (Å²) < 4.78 is 50.5. The van der Waals surface area contributed by atoms with Crippen LogP contribution in [-0.2, 0) is 51.1 Å². The van der Waals surface area contributed by atoms with E-state index in [0.717, 1.165) is 51.9 Å². The second-order valence-corrected chi connectivity index (χ2v) is 23.9. The minimum absolute atomic E-state index is 0.00462. The van der Waals surface area contributed by atoms with E-state index in [-0.39, 0.29) is 107 Å². The molecule has 3 aliphatic heterocycles. The Morgan fingerprint density at radius 2 is 1.51 bits per heavy atom. The molecule has 0 saturated carbocycles. The SMILES string of the molecule is Cc1ncsc1-c1ccc(CNC(=O)[C@@H]2C[C@@H](O)CN2C(=O)[C@@H](CC(=O)CCOCCOCCOCCC(=O)N2CCN(c3ccc(C(=O)Nc4n[nH]c5ccc(Cc6cc(F)cc(F)c6)cc45)c(NC4CCOCC4)c3)CC2)C(C)(C)C)cc1. The van der Waals surface area contributed by atoms with E-state index in [1.54, 1.807) is 17.4 Å². The number of hydrogen-bond donors (Lipinski definition) is 5. The van der Waals surface area contributed by atoms with Crippen molar-refractivity contribution in [2.24, 2.45) is 11.3 Å². The van der Waals surface area contributed by atoms with Crippen molar-refractivity contribution < 1.29 is 56.8 Å². The number of thiazole rings is 1. The fourth-order valence-corrected chi connectivity index (χ4v) is 11.8. The predicted octanol–water partition coefficient (Wildman–Crippen LogP) is 8.09. The molecule has 0 bridgehead atoms. The Kier molecular flexibility index (Phi) is 21.5. The van der Waals surface area contributed by atoms with E-state index in [9.17, 15) is 37.9 Å². The van der Waals surface area contributed by atoms with Crippen molar-refractivity contribution in [3.8, 4) is 10.4 Å². The molecule has 4 aromatic carbocycles. The quantitative estimate of drug-likeness (QED) is 0.0324. The highest BCUT2D eigenvalue weighted by Gasteiger charge is 2.44. The lowest BCUT2D eigenvalue weighted by Gasteiger charge is -2.36. The molecule has 3 aliphatic rings. The number of fused-ring (bicyclic) bond motifs is 1. The second kappa shape index (κ2) is 29.3. The second-order valence-electron chi connectivity index (χ2n) is 23.1. The minimum Gasteiger partial charge on any atom is -0.391 e. The molecule has 85 heavy (non-hydrogen) atoms. The van der Waals surface area contributed by atoms with E-state index in [2.05, 4.69) is 36.0 Å². The number of anilines is 3. The number of ketones is 1. The third kappa shape index (κ3) is 17.0. The van der Waals surface area contributed by atoms with Gasteiger partial charge in [0.25, 0.3) is 5.91 Å². The zero-order valence-corrected chi connectivity index (χ0v) is 49.6. The summed E-state index contributed by atoms with van der Waals surface area (Å²) in [5.74, 6) is -2.86. The monoisotopic (exact) mass is 1190 g/mol. The van der Waals surface area contributed by atoms with Gasteiger partial charge in [0.1, 0.15) is 23.5 Å². The summed E-state index contributed by atoms with van der Waals surface area (Å²) in [6, 6.07) is 21.8. The fourth-order valence-electron chi connectivity index (χ4n) is 11.0. The highest BCUT2D eigenvalue weighted by atomic mass is 32.1. The Balaban J connectivity index is 0.654. The van der Waals surface area contributed by atoms with E-state index in [0.29, 0.717) is 86.1 Å². The van der Waals surface area contributed by atoms with Crippen molar-refractivity contribution in [2.75, 3.05) is 101 Å². The molecular weight excluding hydrogens is 1110 g/mol. The summed E-state index contributed by atoms with van der Waals surface area (Å²) in [7, 11) is 0. The number of amides is 4. The van der Waals surface area contributed by atoms with E-state index >= 15 is 0 Å². The number of halogens is 2. The van der Waals surface area contributed by atoms with Crippen LogP contribution in [0, 0.1) is 29.9 Å². The molecule has 3 fully saturated rings. The Hall–Kier alpha value is -7.21. The first-order valence-electron chi connectivity index (χ1n) is 29.2. The average molecular weight is 1190 g/mol. The van der Waals surface area contributed by atoms with Crippen molar-refractivity contribution in [3.05, 3.63) is 124 Å². The van der Waals surface area contributed by atoms with Gasteiger partial charge in [-0.1, -0.05) is 51.1 Å². The van der Waals surface area contributed by atoms with Gasteiger partial charge in [-0.05, 0) is 96.3 Å². The number of H-pyrrole nitrogens is 1. The van der Waals surface area contributed by atoms with Gasteiger partial charge in [-0.3, -0.25) is 29.1 Å². The maximum absolute atomic E-state index is 14.1. The summed E-state index contributed by atoms with van der Waals surface area (Å²) in [6.07, 6.45) is 1.42. The molecule has 0 spiro atoms. The van der Waals surface area contributed by atoms with Gasteiger partial charge in [-0.25, -0.2) is 13.8 Å². The number of aromatic amines is 1. The van der Waals surface area contributed by atoms with Gasteiger partial charge >= 0.3 is 0 Å². The summed E-state index contributed by atoms with van der Waals surface area (Å²) >= 11 is 1.57. The number of carbonyl (C=O) groups is 5. The number of benzene rings is 4. The number of aryl methyl sites for hydroxylation is 1. The molecule has 19 nitrogen and oxygen atoms in total. The number of ether oxygens (including phenoxy) is 4. The van der Waals surface area contributed by atoms with Gasteiger partial charge in [-0.15, -0.1) is 11.3 Å². The smallest absolute Gasteiger partial charge is 0.258 e. The van der Waals surface area contributed by atoms with Gasteiger partial charge < -0.3 is 54.7 Å². The first kappa shape index (κ1) is 62.3. The summed E-state index contributed by atoms with van der Waals surface area (Å²) in [4.78, 5) is 79.0.